The molecule has 2 aromatic rings. The molecule has 27 heavy (non-hydrogen) atoms. The van der Waals surface area contributed by atoms with Gasteiger partial charge in [-0.15, -0.1) is 0 Å². The topological polar surface area (TPSA) is 113 Å². The minimum absolute atomic E-state index is 0.117. The molecule has 1 aliphatic heterocycles. The summed E-state index contributed by atoms with van der Waals surface area (Å²) in [7, 11) is 0. The van der Waals surface area contributed by atoms with Crippen LogP contribution in [0.4, 0.5) is 17.1 Å². The third-order valence-corrected chi connectivity index (χ3v) is 4.55. The molecular formula is C19H19N3O5. The number of nitro groups is 1. The van der Waals surface area contributed by atoms with E-state index in [0.717, 1.165) is 0 Å². The Hall–Kier alpha value is -3.42. The maximum absolute atomic E-state index is 12.7. The molecule has 0 aromatic heterocycles. The van der Waals surface area contributed by atoms with E-state index in [1.165, 1.54) is 23.1 Å². The Morgan fingerprint density at radius 2 is 1.93 bits per heavy atom. The Morgan fingerprint density at radius 1 is 1.19 bits per heavy atom. The van der Waals surface area contributed by atoms with E-state index in [2.05, 4.69) is 5.32 Å². The lowest BCUT2D eigenvalue weighted by atomic mass is 9.97. The van der Waals surface area contributed by atoms with Crippen molar-refractivity contribution in [2.75, 3.05) is 18.4 Å². The minimum Gasteiger partial charge on any atom is -0.481 e. The predicted octanol–water partition coefficient (Wildman–Crippen LogP) is 3.28. The number of piperidine rings is 1. The molecule has 3 rings (SSSR count). The highest BCUT2D eigenvalue weighted by Gasteiger charge is 2.29. The van der Waals surface area contributed by atoms with E-state index in [4.69, 9.17) is 5.11 Å². The van der Waals surface area contributed by atoms with Crippen molar-refractivity contribution < 1.29 is 19.6 Å². The fourth-order valence-corrected chi connectivity index (χ4v) is 3.14. The summed E-state index contributed by atoms with van der Waals surface area (Å²) in [5.74, 6) is -1.92. The van der Waals surface area contributed by atoms with Gasteiger partial charge in [0.05, 0.1) is 10.8 Å². The molecule has 0 aliphatic carbocycles. The van der Waals surface area contributed by atoms with Crippen molar-refractivity contribution in [1.29, 1.82) is 0 Å². The molecule has 0 saturated carbocycles. The van der Waals surface area contributed by atoms with Crippen molar-refractivity contribution >= 4 is 28.9 Å². The van der Waals surface area contributed by atoms with Gasteiger partial charge < -0.3 is 15.3 Å². The van der Waals surface area contributed by atoms with Gasteiger partial charge in [0, 0.05) is 30.4 Å². The first-order chi connectivity index (χ1) is 13.0. The summed E-state index contributed by atoms with van der Waals surface area (Å²) in [6.07, 6.45) is 1.12. The molecule has 1 unspecified atom stereocenters. The first kappa shape index (κ1) is 18.4. The normalized spacial score (nSPS) is 16.6. The lowest BCUT2D eigenvalue weighted by molar-refractivity contribution is -0.383. The number of carboxylic acid groups (broad SMARTS) is 1. The average Bonchev–Trinajstić information content (AvgIpc) is 2.68. The van der Waals surface area contributed by atoms with Crippen LogP contribution in [-0.2, 0) is 4.79 Å². The number of para-hydroxylation sites is 1. The Labute approximate surface area is 155 Å². The number of carboxylic acids is 1. The largest absolute Gasteiger partial charge is 0.481 e. The van der Waals surface area contributed by atoms with Crippen LogP contribution in [0.5, 0.6) is 0 Å². The summed E-state index contributed by atoms with van der Waals surface area (Å²) in [4.78, 5) is 36.3. The van der Waals surface area contributed by atoms with E-state index < -0.39 is 22.7 Å². The summed E-state index contributed by atoms with van der Waals surface area (Å²) in [6, 6.07) is 13.3. The van der Waals surface area contributed by atoms with Gasteiger partial charge in [0.2, 0.25) is 0 Å². The SMILES string of the molecule is O=C(O)C1CCCN(C(=O)c2ccc(Nc3ccccc3)c([N+](=O)[O-])c2)C1. The number of nitro benzene ring substituents is 1. The highest BCUT2D eigenvalue weighted by atomic mass is 16.6. The van der Waals surface area contributed by atoms with Crippen molar-refractivity contribution in [3.63, 3.8) is 0 Å². The molecule has 0 bridgehead atoms. The number of nitrogens with one attached hydrogen (secondary N) is 1. The van der Waals surface area contributed by atoms with Gasteiger partial charge in [-0.1, -0.05) is 18.2 Å². The molecule has 0 spiro atoms. The van der Waals surface area contributed by atoms with Gasteiger partial charge in [-0.2, -0.15) is 0 Å². The number of aliphatic carboxylic acids is 1. The number of hydrogen-bond donors (Lipinski definition) is 2. The Balaban J connectivity index is 1.84. The van der Waals surface area contributed by atoms with E-state index in [0.29, 0.717) is 25.1 Å². The van der Waals surface area contributed by atoms with Crippen molar-refractivity contribution in [3.05, 3.63) is 64.2 Å². The molecule has 1 aliphatic rings. The fourth-order valence-electron chi connectivity index (χ4n) is 3.14. The molecule has 8 nitrogen and oxygen atoms in total. The number of nitrogens with zero attached hydrogens (tertiary/aromatic N) is 2. The molecule has 1 amide bonds. The number of amides is 1. The van der Waals surface area contributed by atoms with Crippen LogP contribution in [0.2, 0.25) is 0 Å². The van der Waals surface area contributed by atoms with Gasteiger partial charge in [-0.05, 0) is 37.1 Å². The Bertz CT molecular complexity index is 869. The molecule has 2 aromatic carbocycles. The van der Waals surface area contributed by atoms with E-state index >= 15 is 0 Å². The summed E-state index contributed by atoms with van der Waals surface area (Å²) in [6.45, 7) is 0.562. The molecule has 1 heterocycles. The van der Waals surface area contributed by atoms with Gasteiger partial charge in [-0.25, -0.2) is 0 Å². The van der Waals surface area contributed by atoms with Crippen LogP contribution in [0.15, 0.2) is 48.5 Å². The van der Waals surface area contributed by atoms with Crippen LogP contribution in [0.3, 0.4) is 0 Å². The molecule has 2 N–H and O–H groups in total. The van der Waals surface area contributed by atoms with Crippen LogP contribution in [-0.4, -0.2) is 39.9 Å². The van der Waals surface area contributed by atoms with Crippen molar-refractivity contribution in [2.45, 2.75) is 12.8 Å². The number of carbonyl (C=O) groups excluding carboxylic acids is 1. The zero-order valence-electron chi connectivity index (χ0n) is 14.5. The van der Waals surface area contributed by atoms with Gasteiger partial charge in [-0.3, -0.25) is 19.7 Å². The first-order valence-electron chi connectivity index (χ1n) is 8.58. The predicted molar refractivity (Wildman–Crippen MR) is 99.1 cm³/mol. The monoisotopic (exact) mass is 369 g/mol. The quantitative estimate of drug-likeness (QED) is 0.618. The number of rotatable bonds is 5. The molecule has 1 fully saturated rings. The molecule has 0 radical (unpaired) electrons. The third-order valence-electron chi connectivity index (χ3n) is 4.55. The fraction of sp³-hybridized carbons (Fsp3) is 0.263. The molecule has 1 saturated heterocycles. The van der Waals surface area contributed by atoms with Crippen LogP contribution < -0.4 is 5.32 Å². The first-order valence-corrected chi connectivity index (χ1v) is 8.58. The maximum Gasteiger partial charge on any atom is 0.308 e. The van der Waals surface area contributed by atoms with Crippen molar-refractivity contribution in [1.82, 2.24) is 4.90 Å². The minimum atomic E-state index is -0.930. The highest BCUT2D eigenvalue weighted by molar-refractivity contribution is 5.96. The molecule has 8 heteroatoms. The van der Waals surface area contributed by atoms with E-state index in [9.17, 15) is 19.7 Å². The number of benzene rings is 2. The Kier molecular flexibility index (Phi) is 5.35. The second kappa shape index (κ2) is 7.86. The van der Waals surface area contributed by atoms with E-state index in [1.54, 1.807) is 24.3 Å². The second-order valence-electron chi connectivity index (χ2n) is 6.41. The maximum atomic E-state index is 12.7. The van der Waals surface area contributed by atoms with Crippen molar-refractivity contribution in [2.24, 2.45) is 5.92 Å². The van der Waals surface area contributed by atoms with Crippen LogP contribution >= 0.6 is 0 Å². The lowest BCUT2D eigenvalue weighted by Crippen LogP contribution is -2.42. The van der Waals surface area contributed by atoms with Crippen molar-refractivity contribution in [3.8, 4) is 0 Å². The van der Waals surface area contributed by atoms with E-state index in [-0.39, 0.29) is 23.5 Å². The van der Waals surface area contributed by atoms with Crippen LogP contribution in [0.1, 0.15) is 23.2 Å². The number of carbonyl (C=O) groups is 2. The Morgan fingerprint density at radius 3 is 2.59 bits per heavy atom. The van der Waals surface area contributed by atoms with Crippen LogP contribution in [0, 0.1) is 16.0 Å². The summed E-state index contributed by atoms with van der Waals surface area (Å²) in [5, 5.41) is 23.6. The number of likely N-dealkylation sites (tertiary alicyclic amines) is 1. The highest BCUT2D eigenvalue weighted by Crippen LogP contribution is 2.29. The second-order valence-corrected chi connectivity index (χ2v) is 6.41. The third kappa shape index (κ3) is 4.22. The van der Waals surface area contributed by atoms with E-state index in [1.807, 2.05) is 6.07 Å². The summed E-state index contributed by atoms with van der Waals surface area (Å²) in [5.41, 5.74) is 0.938. The van der Waals surface area contributed by atoms with Gasteiger partial charge in [0.25, 0.3) is 11.6 Å². The molecule has 1 atom stereocenters. The lowest BCUT2D eigenvalue weighted by Gasteiger charge is -2.30. The van der Waals surface area contributed by atoms with Gasteiger partial charge >= 0.3 is 5.97 Å². The zero-order valence-corrected chi connectivity index (χ0v) is 14.5. The average molecular weight is 369 g/mol. The summed E-state index contributed by atoms with van der Waals surface area (Å²) < 4.78 is 0. The summed E-state index contributed by atoms with van der Waals surface area (Å²) >= 11 is 0. The molecular weight excluding hydrogens is 350 g/mol. The smallest absolute Gasteiger partial charge is 0.308 e. The molecule has 140 valence electrons. The van der Waals surface area contributed by atoms with Gasteiger partial charge in [0.1, 0.15) is 5.69 Å². The number of hydrogen-bond acceptors (Lipinski definition) is 5. The number of anilines is 2. The standard InChI is InChI=1S/C19H19N3O5/c23-18(21-10-4-5-14(12-21)19(24)25)13-8-9-16(17(11-13)22(26)27)20-15-6-2-1-3-7-15/h1-3,6-9,11,14,20H,4-5,10,12H2,(H,24,25). The van der Waals surface area contributed by atoms with Gasteiger partial charge in [0.15, 0.2) is 0 Å². The zero-order chi connectivity index (χ0) is 19.4. The van der Waals surface area contributed by atoms with Crippen LogP contribution in [0.25, 0.3) is 0 Å².